The number of carbonyl (C=O) groups excluding carboxylic acids is 7. The zero-order valence-corrected chi connectivity index (χ0v) is 46.5. The van der Waals surface area contributed by atoms with E-state index in [4.69, 9.17) is 0 Å². The molecule has 4 rings (SSSR count). The number of hydrogen-bond donors (Lipinski definition) is 9. The third-order valence-corrected chi connectivity index (χ3v) is 13.5. The summed E-state index contributed by atoms with van der Waals surface area (Å²) in [6.07, 6.45) is 2.29. The summed E-state index contributed by atoms with van der Waals surface area (Å²) < 4.78 is 27.9. The number of aryl methyl sites for hydroxylation is 2. The number of nitrogens with one attached hydrogen (secondary N) is 6. The molecular weight excluding hydrogens is 1080 g/mol. The summed E-state index contributed by atoms with van der Waals surface area (Å²) >= 11 is 0. The highest BCUT2D eigenvalue weighted by molar-refractivity contribution is 5.97. The molecule has 0 radical (unpaired) electrons. The molecule has 9 N–H and O–H groups in total. The summed E-state index contributed by atoms with van der Waals surface area (Å²) in [5.41, 5.74) is 2.52. The van der Waals surface area contributed by atoms with Crippen LogP contribution in [0.3, 0.4) is 0 Å². The number of rotatable bonds is 30. The third-order valence-electron chi connectivity index (χ3n) is 13.5. The lowest BCUT2D eigenvalue weighted by Crippen LogP contribution is -2.49. The molecule has 2 fully saturated rings. The Kier molecular flexibility index (Phi) is 28.1. The summed E-state index contributed by atoms with van der Waals surface area (Å²) in [6, 6.07) is 8.74. The Labute approximate surface area is 474 Å². The minimum absolute atomic E-state index is 0.0420. The van der Waals surface area contributed by atoms with Gasteiger partial charge < -0.3 is 52.1 Å². The van der Waals surface area contributed by atoms with Gasteiger partial charge in [0.25, 0.3) is 11.8 Å². The van der Waals surface area contributed by atoms with Gasteiger partial charge in [0.2, 0.25) is 35.4 Å². The van der Waals surface area contributed by atoms with E-state index in [9.17, 15) is 77.3 Å². The smallest absolute Gasteiger partial charge is 0.317 e. The van der Waals surface area contributed by atoms with Crippen molar-refractivity contribution in [2.45, 2.75) is 102 Å². The monoisotopic (exact) mass is 1150 g/mol. The second kappa shape index (κ2) is 34.5. The lowest BCUT2D eigenvalue weighted by molar-refractivity contribution is -0.140. The number of benzene rings is 1. The van der Waals surface area contributed by atoms with Crippen LogP contribution in [0.5, 0.6) is 0 Å². The number of halogens is 2. The maximum Gasteiger partial charge on any atom is 0.317 e. The molecule has 2 aromatic rings. The minimum atomic E-state index is -3.24. The maximum atomic E-state index is 13.9. The van der Waals surface area contributed by atoms with E-state index in [1.54, 1.807) is 25.7 Å². The number of carbonyl (C=O) groups is 10. The highest BCUT2D eigenvalue weighted by atomic mass is 19.3. The number of amides is 7. The molecule has 3 heterocycles. The van der Waals surface area contributed by atoms with Crippen LogP contribution in [-0.4, -0.2) is 233 Å². The molecule has 1 unspecified atom stereocenters. The predicted octanol–water partition coefficient (Wildman–Crippen LogP) is -0.834. The van der Waals surface area contributed by atoms with Gasteiger partial charge in [-0.05, 0) is 63.6 Å². The van der Waals surface area contributed by atoms with E-state index >= 15 is 0 Å². The quantitative estimate of drug-likeness (QED) is 0.0431. The number of nitriles is 1. The normalized spacial score (nSPS) is 17.1. The van der Waals surface area contributed by atoms with Crippen LogP contribution in [0.4, 0.5) is 8.78 Å². The van der Waals surface area contributed by atoms with E-state index in [1.807, 2.05) is 31.2 Å². The molecule has 1 aromatic heterocycles. The number of hydrogen-bond acceptors (Lipinski definition) is 16. The first kappa shape index (κ1) is 66.8. The second-order valence-electron chi connectivity index (χ2n) is 20.4. The van der Waals surface area contributed by atoms with Crippen molar-refractivity contribution in [3.05, 3.63) is 65.0 Å². The highest BCUT2D eigenvalue weighted by Gasteiger charge is 2.48. The van der Waals surface area contributed by atoms with Gasteiger partial charge in [-0.1, -0.05) is 29.8 Å². The van der Waals surface area contributed by atoms with Crippen LogP contribution in [0.1, 0.15) is 85.5 Å². The van der Waals surface area contributed by atoms with Crippen molar-refractivity contribution in [1.29, 1.82) is 5.26 Å². The largest absolute Gasteiger partial charge is 0.480 e. The molecular formula is C54H77F2N13O13. The van der Waals surface area contributed by atoms with Crippen molar-refractivity contribution >= 4 is 59.3 Å². The summed E-state index contributed by atoms with van der Waals surface area (Å²) in [4.78, 5) is 138. The summed E-state index contributed by atoms with van der Waals surface area (Å²) in [5, 5.41) is 53.9. The van der Waals surface area contributed by atoms with Crippen molar-refractivity contribution in [3.8, 4) is 6.07 Å². The van der Waals surface area contributed by atoms with Gasteiger partial charge in [0.05, 0.1) is 51.0 Å². The van der Waals surface area contributed by atoms with Crippen LogP contribution in [0, 0.1) is 18.3 Å². The molecule has 2 saturated heterocycles. The molecule has 26 nitrogen and oxygen atoms in total. The number of alkyl halides is 2. The topological polar surface area (TPSA) is 356 Å². The summed E-state index contributed by atoms with van der Waals surface area (Å²) in [5.74, 6) is -10.4. The molecule has 82 heavy (non-hydrogen) atoms. The Morgan fingerprint density at radius 1 is 0.671 bits per heavy atom. The van der Waals surface area contributed by atoms with Crippen LogP contribution < -0.4 is 31.9 Å². The van der Waals surface area contributed by atoms with Crippen molar-refractivity contribution < 1.29 is 72.0 Å². The fraction of sp³-hybridized carbons (Fsp3) is 0.593. The van der Waals surface area contributed by atoms with Gasteiger partial charge in [0, 0.05) is 109 Å². The Balaban J connectivity index is 1.29. The second-order valence-corrected chi connectivity index (χ2v) is 20.4. The molecule has 0 spiro atoms. The van der Waals surface area contributed by atoms with Gasteiger partial charge in [-0.15, -0.1) is 0 Å². The third kappa shape index (κ3) is 25.8. The van der Waals surface area contributed by atoms with Crippen molar-refractivity contribution in [3.63, 3.8) is 0 Å². The first-order valence-corrected chi connectivity index (χ1v) is 27.3. The lowest BCUT2D eigenvalue weighted by atomic mass is 10.1. The highest BCUT2D eigenvalue weighted by Crippen LogP contribution is 2.32. The number of unbranched alkanes of at least 4 members (excludes halogenated alkanes) is 1. The molecule has 3 atom stereocenters. The molecule has 7 amide bonds. The molecule has 0 bridgehead atoms. The first-order chi connectivity index (χ1) is 39.0. The standard InChI is InChI=1S/C54H77F2N13O13/c1-37-9-11-39(12-10-37)6-5-8-44(70)60-18-19-61-52(81)43(7-3-4-16-59-47(73)32-65-20-22-66(33-48(74)75)24-26-68(35-50(78)79)27-25-67(23-21-65)34-49(76)77)64-46(72)14-13-45(71)62-31-41-28-40(15-17-58-41)51(80)63-38(2)53(82)69-36-54(55,56)29-42(69)30-57/h9-12,15,17,28,38,42-43H,3-8,13-14,16,18-27,29,31-36H2,1-2H3,(H,59,73)(H,60,70)(H,61,81)(H,62,71)(H,63,80)(H,64,72)(H,74,75)(H,76,77)(H,78,79)/t38-,42-,43?/m0/s1. The van der Waals surface area contributed by atoms with E-state index < -0.39 is 84.5 Å². The molecule has 2 aliphatic rings. The molecule has 450 valence electrons. The number of carboxylic acids is 3. The van der Waals surface area contributed by atoms with Crippen LogP contribution in [0.25, 0.3) is 0 Å². The fourth-order valence-electron chi connectivity index (χ4n) is 9.06. The van der Waals surface area contributed by atoms with E-state index in [1.165, 1.54) is 25.3 Å². The minimum Gasteiger partial charge on any atom is -0.480 e. The molecule has 2 aliphatic heterocycles. The van der Waals surface area contributed by atoms with Gasteiger partial charge in [0.1, 0.15) is 18.1 Å². The van der Waals surface area contributed by atoms with Gasteiger partial charge in [-0.3, -0.25) is 72.5 Å². The number of nitrogens with zero attached hydrogens (tertiary/aromatic N) is 7. The zero-order chi connectivity index (χ0) is 60.2. The Morgan fingerprint density at radius 3 is 1.78 bits per heavy atom. The number of likely N-dealkylation sites (tertiary alicyclic amines) is 1. The SMILES string of the molecule is Cc1ccc(CCCC(=O)NCCNC(=O)C(CCCCNC(=O)CN2CCN(CC(=O)O)CCN(CC(=O)O)CCN(CC(=O)O)CC2)NC(=O)CCC(=O)NCc2cc(C(=O)N[C@@H](C)C(=O)N3CC(F)(F)C[C@H]3C#N)ccn2)cc1. The Bertz CT molecular complexity index is 2520. The van der Waals surface area contributed by atoms with Crippen molar-refractivity contribution in [2.24, 2.45) is 0 Å². The van der Waals surface area contributed by atoms with Crippen molar-refractivity contribution in [2.75, 3.05) is 105 Å². The number of pyridine rings is 1. The van der Waals surface area contributed by atoms with Crippen molar-refractivity contribution in [1.82, 2.24) is 61.4 Å². The number of carboxylic acid groups (broad SMARTS) is 3. The maximum absolute atomic E-state index is 13.9. The average molecular weight is 1150 g/mol. The van der Waals surface area contributed by atoms with Crippen LogP contribution >= 0.6 is 0 Å². The summed E-state index contributed by atoms with van der Waals surface area (Å²) in [7, 11) is 0. The van der Waals surface area contributed by atoms with E-state index in [0.29, 0.717) is 19.3 Å². The zero-order valence-electron chi connectivity index (χ0n) is 46.5. The number of aromatic nitrogens is 1. The average Bonchev–Trinajstić information content (AvgIpc) is 3.91. The number of aliphatic carboxylic acids is 3. The van der Waals surface area contributed by atoms with E-state index in [0.717, 1.165) is 22.4 Å². The molecule has 1 aromatic carbocycles. The van der Waals surface area contributed by atoms with E-state index in [-0.39, 0.29) is 153 Å². The van der Waals surface area contributed by atoms with Gasteiger partial charge in [0.15, 0.2) is 0 Å². The first-order valence-electron chi connectivity index (χ1n) is 27.3. The Hall–Kier alpha value is -7.74. The van der Waals surface area contributed by atoms with Gasteiger partial charge >= 0.3 is 17.9 Å². The fourth-order valence-corrected chi connectivity index (χ4v) is 9.06. The summed E-state index contributed by atoms with van der Waals surface area (Å²) in [6.45, 7) is 3.30. The Morgan fingerprint density at radius 2 is 1.21 bits per heavy atom. The van der Waals surface area contributed by atoms with Crippen LogP contribution in [-0.2, 0) is 56.1 Å². The predicted molar refractivity (Wildman–Crippen MR) is 291 cm³/mol. The molecule has 28 heteroatoms. The molecule has 0 saturated carbocycles. The van der Waals surface area contributed by atoms with Gasteiger partial charge in [-0.2, -0.15) is 5.26 Å². The van der Waals surface area contributed by atoms with Crippen LogP contribution in [0.15, 0.2) is 42.6 Å². The van der Waals surface area contributed by atoms with Gasteiger partial charge in [-0.25, -0.2) is 8.78 Å². The lowest BCUT2D eigenvalue weighted by Gasteiger charge is -2.32. The van der Waals surface area contributed by atoms with E-state index in [2.05, 4.69) is 36.9 Å². The molecule has 0 aliphatic carbocycles. The van der Waals surface area contributed by atoms with Crippen LogP contribution in [0.2, 0.25) is 0 Å².